The highest BCUT2D eigenvalue weighted by Gasteiger charge is 2.45. The summed E-state index contributed by atoms with van der Waals surface area (Å²) >= 11 is 0. The molecule has 0 spiro atoms. The summed E-state index contributed by atoms with van der Waals surface area (Å²) < 4.78 is 22.9. The van der Waals surface area contributed by atoms with Crippen molar-refractivity contribution >= 4 is 21.7 Å². The second-order valence-electron chi connectivity index (χ2n) is 6.06. The van der Waals surface area contributed by atoms with Crippen molar-refractivity contribution in [3.63, 3.8) is 0 Å². The van der Waals surface area contributed by atoms with Crippen molar-refractivity contribution in [2.24, 2.45) is 0 Å². The second-order valence-corrected chi connectivity index (χ2v) is 8.07. The summed E-state index contributed by atoms with van der Waals surface area (Å²) in [4.78, 5) is 25.8. The average Bonchev–Trinajstić information content (AvgIpc) is 2.53. The summed E-state index contributed by atoms with van der Waals surface area (Å²) in [6.07, 6.45) is 4.49. The van der Waals surface area contributed by atoms with Crippen LogP contribution in [0.5, 0.6) is 0 Å². The minimum atomic E-state index is -3.33. The fraction of sp³-hybridized carbons (Fsp3) is 0.500. The van der Waals surface area contributed by atoms with Gasteiger partial charge in [0.05, 0.1) is 4.90 Å². The van der Waals surface area contributed by atoms with Gasteiger partial charge in [0.2, 0.25) is 0 Å². The number of amides is 1. The zero-order chi connectivity index (χ0) is 17.3. The van der Waals surface area contributed by atoms with Crippen molar-refractivity contribution < 1.29 is 23.1 Å². The van der Waals surface area contributed by atoms with E-state index in [-0.39, 0.29) is 10.5 Å². The Morgan fingerprint density at radius 1 is 1.09 bits per heavy atom. The van der Waals surface area contributed by atoms with Crippen molar-refractivity contribution in [2.45, 2.75) is 42.5 Å². The molecule has 0 atom stereocenters. The third-order valence-corrected chi connectivity index (χ3v) is 5.68. The molecule has 0 aliphatic heterocycles. The van der Waals surface area contributed by atoms with Crippen LogP contribution in [-0.4, -0.2) is 49.1 Å². The van der Waals surface area contributed by atoms with Crippen LogP contribution in [0.4, 0.5) is 0 Å². The fourth-order valence-electron chi connectivity index (χ4n) is 3.06. The molecule has 0 saturated heterocycles. The van der Waals surface area contributed by atoms with E-state index in [2.05, 4.69) is 0 Å². The van der Waals surface area contributed by atoms with E-state index < -0.39 is 27.3 Å². The standard InChI is InChI=1S/C16H21NO5S/c1-17(16(15(19)20)10-4-3-5-11-16)14(18)12-6-8-13(9-7-12)23(2,21)22/h6-9H,3-5,10-11H2,1-2H3,(H,19,20). The molecule has 7 heteroatoms. The van der Waals surface area contributed by atoms with E-state index in [4.69, 9.17) is 0 Å². The molecular weight excluding hydrogens is 318 g/mol. The molecule has 1 aliphatic carbocycles. The molecular formula is C16H21NO5S. The lowest BCUT2D eigenvalue weighted by Gasteiger charge is -2.41. The summed E-state index contributed by atoms with van der Waals surface area (Å²) in [5.74, 6) is -1.39. The zero-order valence-corrected chi connectivity index (χ0v) is 14.1. The molecule has 1 amide bonds. The van der Waals surface area contributed by atoms with Gasteiger partial charge in [-0.15, -0.1) is 0 Å². The van der Waals surface area contributed by atoms with Crippen LogP contribution in [0.15, 0.2) is 29.2 Å². The monoisotopic (exact) mass is 339 g/mol. The highest BCUT2D eigenvalue weighted by molar-refractivity contribution is 7.90. The molecule has 1 aromatic carbocycles. The molecule has 23 heavy (non-hydrogen) atoms. The van der Waals surface area contributed by atoms with E-state index >= 15 is 0 Å². The molecule has 0 unspecified atom stereocenters. The highest BCUT2D eigenvalue weighted by Crippen LogP contribution is 2.34. The molecule has 6 nitrogen and oxygen atoms in total. The maximum atomic E-state index is 12.6. The van der Waals surface area contributed by atoms with Gasteiger partial charge in [-0.25, -0.2) is 13.2 Å². The first-order valence-corrected chi connectivity index (χ1v) is 9.39. The smallest absolute Gasteiger partial charge is 0.329 e. The number of carboxylic acid groups (broad SMARTS) is 1. The van der Waals surface area contributed by atoms with Crippen LogP contribution >= 0.6 is 0 Å². The first-order chi connectivity index (χ1) is 10.7. The Hall–Kier alpha value is -1.89. The van der Waals surface area contributed by atoms with Crippen molar-refractivity contribution in [3.05, 3.63) is 29.8 Å². The summed E-state index contributed by atoms with van der Waals surface area (Å²) in [7, 11) is -1.82. The van der Waals surface area contributed by atoms with E-state index in [1.807, 2.05) is 0 Å². The number of likely N-dealkylation sites (N-methyl/N-ethyl adjacent to an activating group) is 1. The van der Waals surface area contributed by atoms with Crippen LogP contribution < -0.4 is 0 Å². The minimum absolute atomic E-state index is 0.127. The van der Waals surface area contributed by atoms with Gasteiger partial charge in [-0.05, 0) is 37.1 Å². The normalized spacial score (nSPS) is 17.5. The van der Waals surface area contributed by atoms with Gasteiger partial charge in [0, 0.05) is 18.9 Å². The number of nitrogens with zero attached hydrogens (tertiary/aromatic N) is 1. The van der Waals surface area contributed by atoms with Crippen molar-refractivity contribution in [3.8, 4) is 0 Å². The molecule has 2 rings (SSSR count). The predicted octanol–water partition coefficient (Wildman–Crippen LogP) is 1.95. The van der Waals surface area contributed by atoms with Crippen LogP contribution in [0, 0.1) is 0 Å². The Bertz CT molecular complexity index is 702. The lowest BCUT2D eigenvalue weighted by molar-refractivity contribution is -0.151. The van der Waals surface area contributed by atoms with Gasteiger partial charge < -0.3 is 10.0 Å². The van der Waals surface area contributed by atoms with E-state index in [0.717, 1.165) is 25.5 Å². The number of benzene rings is 1. The Labute approximate surface area is 136 Å². The Kier molecular flexibility index (Phi) is 4.79. The first-order valence-electron chi connectivity index (χ1n) is 7.50. The van der Waals surface area contributed by atoms with Crippen LogP contribution in [0.3, 0.4) is 0 Å². The van der Waals surface area contributed by atoms with Gasteiger partial charge in [0.25, 0.3) is 5.91 Å². The van der Waals surface area contributed by atoms with Gasteiger partial charge in [0.1, 0.15) is 5.54 Å². The second kappa shape index (κ2) is 6.31. The molecule has 0 heterocycles. The maximum absolute atomic E-state index is 12.6. The third-order valence-electron chi connectivity index (χ3n) is 4.55. The van der Waals surface area contributed by atoms with Crippen molar-refractivity contribution in [1.29, 1.82) is 0 Å². The minimum Gasteiger partial charge on any atom is -0.479 e. The molecule has 0 aromatic heterocycles. The maximum Gasteiger partial charge on any atom is 0.329 e. The number of carbonyl (C=O) groups is 2. The average molecular weight is 339 g/mol. The number of rotatable bonds is 4. The summed E-state index contributed by atoms with van der Waals surface area (Å²) in [5, 5.41) is 9.63. The molecule has 126 valence electrons. The predicted molar refractivity (Wildman–Crippen MR) is 85.1 cm³/mol. The lowest BCUT2D eigenvalue weighted by atomic mass is 9.80. The number of sulfone groups is 1. The molecule has 0 radical (unpaired) electrons. The van der Waals surface area contributed by atoms with Gasteiger partial charge in [-0.3, -0.25) is 4.79 Å². The van der Waals surface area contributed by atoms with Crippen molar-refractivity contribution in [1.82, 2.24) is 4.90 Å². The number of aliphatic carboxylic acids is 1. The third kappa shape index (κ3) is 3.39. The first kappa shape index (κ1) is 17.5. The van der Waals surface area contributed by atoms with E-state index in [9.17, 15) is 23.1 Å². The van der Waals surface area contributed by atoms with Gasteiger partial charge in [0.15, 0.2) is 9.84 Å². The van der Waals surface area contributed by atoms with Gasteiger partial charge in [-0.1, -0.05) is 19.3 Å². The molecule has 0 bridgehead atoms. The van der Waals surface area contributed by atoms with Crippen LogP contribution in [0.25, 0.3) is 0 Å². The van der Waals surface area contributed by atoms with E-state index in [1.54, 1.807) is 0 Å². The molecule has 1 fully saturated rings. The fourth-order valence-corrected chi connectivity index (χ4v) is 3.69. The molecule has 1 aliphatic rings. The van der Waals surface area contributed by atoms with Crippen LogP contribution in [0.1, 0.15) is 42.5 Å². The number of carboxylic acids is 1. The molecule has 1 aromatic rings. The SMILES string of the molecule is CN(C(=O)c1ccc(S(C)(=O)=O)cc1)C1(C(=O)O)CCCCC1. The number of carbonyl (C=O) groups excluding carboxylic acids is 1. The van der Waals surface area contributed by atoms with Gasteiger partial charge in [-0.2, -0.15) is 0 Å². The van der Waals surface area contributed by atoms with Gasteiger partial charge >= 0.3 is 5.97 Å². The largest absolute Gasteiger partial charge is 0.479 e. The molecule has 1 saturated carbocycles. The summed E-state index contributed by atoms with van der Waals surface area (Å²) in [6, 6.07) is 5.58. The Balaban J connectivity index is 2.29. The van der Waals surface area contributed by atoms with E-state index in [1.165, 1.54) is 36.2 Å². The summed E-state index contributed by atoms with van der Waals surface area (Å²) in [6.45, 7) is 0. The Morgan fingerprint density at radius 3 is 2.04 bits per heavy atom. The highest BCUT2D eigenvalue weighted by atomic mass is 32.2. The number of hydrogen-bond acceptors (Lipinski definition) is 4. The van der Waals surface area contributed by atoms with Crippen LogP contribution in [-0.2, 0) is 14.6 Å². The quantitative estimate of drug-likeness (QED) is 0.905. The van der Waals surface area contributed by atoms with E-state index in [0.29, 0.717) is 12.8 Å². The van der Waals surface area contributed by atoms with Crippen molar-refractivity contribution in [2.75, 3.05) is 13.3 Å². The topological polar surface area (TPSA) is 91.8 Å². The lowest BCUT2D eigenvalue weighted by Crippen LogP contribution is -2.56. The Morgan fingerprint density at radius 2 is 1.61 bits per heavy atom. The zero-order valence-electron chi connectivity index (χ0n) is 13.3. The number of hydrogen-bond donors (Lipinski definition) is 1. The summed E-state index contributed by atoms with van der Waals surface area (Å²) in [5.41, 5.74) is -0.892. The molecule has 1 N–H and O–H groups in total. The van der Waals surface area contributed by atoms with Crippen LogP contribution in [0.2, 0.25) is 0 Å².